The molecular weight excluding hydrogens is 410 g/mol. The molecule has 4 aromatic rings. The Kier molecular flexibility index (Phi) is 5.37. The van der Waals surface area contributed by atoms with Crippen molar-refractivity contribution in [2.75, 3.05) is 10.6 Å². The third kappa shape index (κ3) is 4.67. The Morgan fingerprint density at radius 1 is 0.935 bits per heavy atom. The van der Waals surface area contributed by atoms with Crippen LogP contribution in [0.25, 0.3) is 10.1 Å². The molecule has 2 aromatic carbocycles. The minimum Gasteiger partial charge on any atom is -0.359 e. The summed E-state index contributed by atoms with van der Waals surface area (Å²) in [6.07, 6.45) is 0. The van der Waals surface area contributed by atoms with Gasteiger partial charge in [-0.1, -0.05) is 43.6 Å². The van der Waals surface area contributed by atoms with Gasteiger partial charge in [0.05, 0.1) is 4.88 Å². The highest BCUT2D eigenvalue weighted by atomic mass is 32.1. The number of fused-ring (bicyclic) bond motifs is 1. The van der Waals surface area contributed by atoms with Gasteiger partial charge in [0, 0.05) is 27.4 Å². The fourth-order valence-electron chi connectivity index (χ4n) is 3.05. The predicted octanol–water partition coefficient (Wildman–Crippen LogP) is 6.00. The topological polar surface area (TPSA) is 84.2 Å². The van der Waals surface area contributed by atoms with Gasteiger partial charge in [0.1, 0.15) is 5.76 Å². The number of nitrogens with one attached hydrogen (secondary N) is 2. The quantitative estimate of drug-likeness (QED) is 0.413. The molecule has 0 spiro atoms. The third-order valence-electron chi connectivity index (χ3n) is 4.79. The first-order valence-electron chi connectivity index (χ1n) is 9.89. The number of nitrogens with zero attached hydrogens (tertiary/aromatic N) is 1. The molecule has 0 saturated heterocycles. The number of hydrogen-bond donors (Lipinski definition) is 2. The van der Waals surface area contributed by atoms with Crippen molar-refractivity contribution in [1.29, 1.82) is 0 Å². The minimum atomic E-state index is -0.300. The minimum absolute atomic E-state index is 0.173. The summed E-state index contributed by atoms with van der Waals surface area (Å²) in [5, 5.41) is 10.6. The third-order valence-corrected chi connectivity index (χ3v) is 5.91. The lowest BCUT2D eigenvalue weighted by Gasteiger charge is -2.12. The van der Waals surface area contributed by atoms with Gasteiger partial charge < -0.3 is 15.2 Å². The highest BCUT2D eigenvalue weighted by Gasteiger charge is 2.20. The Bertz CT molecular complexity index is 1260. The molecule has 0 saturated carbocycles. The molecule has 2 aromatic heterocycles. The van der Waals surface area contributed by atoms with Crippen LogP contribution in [0.3, 0.4) is 0 Å². The molecule has 0 aliphatic heterocycles. The zero-order valence-electron chi connectivity index (χ0n) is 17.8. The van der Waals surface area contributed by atoms with E-state index in [9.17, 15) is 9.59 Å². The van der Waals surface area contributed by atoms with Crippen LogP contribution in [0.5, 0.6) is 0 Å². The van der Waals surface area contributed by atoms with E-state index in [4.69, 9.17) is 4.52 Å². The van der Waals surface area contributed by atoms with Gasteiger partial charge in [-0.3, -0.25) is 9.59 Å². The van der Waals surface area contributed by atoms with Crippen molar-refractivity contribution in [3.05, 3.63) is 76.4 Å². The summed E-state index contributed by atoms with van der Waals surface area (Å²) in [4.78, 5) is 25.7. The monoisotopic (exact) mass is 433 g/mol. The number of carbonyl (C=O) groups is 2. The second-order valence-electron chi connectivity index (χ2n) is 8.46. The molecule has 158 valence electrons. The van der Waals surface area contributed by atoms with Gasteiger partial charge in [0.15, 0.2) is 5.82 Å². The standard InChI is InChI=1S/C24H23N3O3S/c1-14-5-10-18-16(11-14)12-19(31-18)23(29)25-17-8-6-15(7-9-17)22(28)26-21-13-20(30-27-21)24(2,3)4/h5-13H,1-4H3,(H,25,29)(H,26,27,28). The fraction of sp³-hybridized carbons (Fsp3) is 0.208. The van der Waals surface area contributed by atoms with E-state index in [0.717, 1.165) is 15.6 Å². The van der Waals surface area contributed by atoms with E-state index in [2.05, 4.69) is 21.9 Å². The molecule has 7 heteroatoms. The van der Waals surface area contributed by atoms with Crippen molar-refractivity contribution in [3.63, 3.8) is 0 Å². The summed E-state index contributed by atoms with van der Waals surface area (Å²) in [5.74, 6) is 0.587. The molecule has 2 heterocycles. The van der Waals surface area contributed by atoms with Crippen LogP contribution in [0.2, 0.25) is 0 Å². The summed E-state index contributed by atoms with van der Waals surface area (Å²) in [5.41, 5.74) is 2.04. The van der Waals surface area contributed by atoms with Gasteiger partial charge in [-0.25, -0.2) is 0 Å². The molecule has 0 radical (unpaired) electrons. The summed E-state index contributed by atoms with van der Waals surface area (Å²) >= 11 is 1.45. The highest BCUT2D eigenvalue weighted by Crippen LogP contribution is 2.27. The van der Waals surface area contributed by atoms with Crippen LogP contribution in [0, 0.1) is 6.92 Å². The van der Waals surface area contributed by atoms with E-state index in [-0.39, 0.29) is 17.2 Å². The van der Waals surface area contributed by atoms with Gasteiger partial charge in [-0.15, -0.1) is 11.3 Å². The van der Waals surface area contributed by atoms with Crippen LogP contribution in [0.4, 0.5) is 11.5 Å². The molecule has 2 amide bonds. The second-order valence-corrected chi connectivity index (χ2v) is 9.55. The Labute approximate surface area is 184 Å². The van der Waals surface area contributed by atoms with Gasteiger partial charge in [-0.2, -0.15) is 0 Å². The maximum Gasteiger partial charge on any atom is 0.265 e. The van der Waals surface area contributed by atoms with E-state index < -0.39 is 0 Å². The summed E-state index contributed by atoms with van der Waals surface area (Å²) in [7, 11) is 0. The van der Waals surface area contributed by atoms with E-state index in [1.807, 2.05) is 45.9 Å². The maximum absolute atomic E-state index is 12.6. The normalized spacial score (nSPS) is 11.5. The molecular formula is C24H23N3O3S. The first kappa shape index (κ1) is 20.8. The van der Waals surface area contributed by atoms with Crippen LogP contribution in [-0.2, 0) is 5.41 Å². The molecule has 31 heavy (non-hydrogen) atoms. The number of aryl methyl sites for hydroxylation is 1. The molecule has 0 aliphatic carbocycles. The lowest BCUT2D eigenvalue weighted by molar-refractivity contribution is 0.102. The number of rotatable bonds is 4. The van der Waals surface area contributed by atoms with Crippen molar-refractivity contribution in [1.82, 2.24) is 5.16 Å². The number of carbonyl (C=O) groups excluding carboxylic acids is 2. The van der Waals surface area contributed by atoms with E-state index in [0.29, 0.717) is 27.7 Å². The predicted molar refractivity (Wildman–Crippen MR) is 124 cm³/mol. The highest BCUT2D eigenvalue weighted by molar-refractivity contribution is 7.20. The Morgan fingerprint density at radius 3 is 2.35 bits per heavy atom. The SMILES string of the molecule is Cc1ccc2sc(C(=O)Nc3ccc(C(=O)Nc4cc(C(C)(C)C)on4)cc3)cc2c1. The molecule has 0 atom stereocenters. The smallest absolute Gasteiger partial charge is 0.265 e. The molecule has 4 rings (SSSR count). The average Bonchev–Trinajstić information content (AvgIpc) is 3.35. The summed E-state index contributed by atoms with van der Waals surface area (Å²) in [6.45, 7) is 8.05. The van der Waals surface area contributed by atoms with E-state index in [1.54, 1.807) is 30.3 Å². The van der Waals surface area contributed by atoms with Crippen molar-refractivity contribution < 1.29 is 14.1 Å². The van der Waals surface area contributed by atoms with Crippen molar-refractivity contribution in [3.8, 4) is 0 Å². The maximum atomic E-state index is 12.6. The second kappa shape index (κ2) is 8.00. The first-order valence-corrected chi connectivity index (χ1v) is 10.7. The Morgan fingerprint density at radius 2 is 1.68 bits per heavy atom. The number of amides is 2. The van der Waals surface area contributed by atoms with Gasteiger partial charge in [0.2, 0.25) is 0 Å². The number of aromatic nitrogens is 1. The summed E-state index contributed by atoms with van der Waals surface area (Å²) < 4.78 is 6.36. The van der Waals surface area contributed by atoms with Crippen LogP contribution in [0.1, 0.15) is 52.1 Å². The van der Waals surface area contributed by atoms with Crippen molar-refractivity contribution in [2.24, 2.45) is 0 Å². The molecule has 6 nitrogen and oxygen atoms in total. The number of thiophene rings is 1. The Hall–Kier alpha value is -3.45. The lowest BCUT2D eigenvalue weighted by Crippen LogP contribution is -2.13. The number of hydrogen-bond acceptors (Lipinski definition) is 5. The molecule has 0 unspecified atom stereocenters. The number of benzene rings is 2. The van der Waals surface area contributed by atoms with E-state index >= 15 is 0 Å². The van der Waals surface area contributed by atoms with Crippen molar-refractivity contribution >= 4 is 44.7 Å². The van der Waals surface area contributed by atoms with Gasteiger partial charge in [-0.05, 0) is 48.7 Å². The van der Waals surface area contributed by atoms with Crippen LogP contribution < -0.4 is 10.6 Å². The molecule has 2 N–H and O–H groups in total. The van der Waals surface area contributed by atoms with Crippen LogP contribution >= 0.6 is 11.3 Å². The summed E-state index contributed by atoms with van der Waals surface area (Å²) in [6, 6.07) is 16.5. The van der Waals surface area contributed by atoms with Gasteiger partial charge in [0.25, 0.3) is 11.8 Å². The Balaban J connectivity index is 1.41. The fourth-order valence-corrected chi connectivity index (χ4v) is 3.99. The van der Waals surface area contributed by atoms with Crippen LogP contribution in [0.15, 0.2) is 59.1 Å². The zero-order valence-corrected chi connectivity index (χ0v) is 18.6. The molecule has 0 aliphatic rings. The van der Waals surface area contributed by atoms with E-state index in [1.165, 1.54) is 11.3 Å². The van der Waals surface area contributed by atoms with Crippen LogP contribution in [-0.4, -0.2) is 17.0 Å². The lowest BCUT2D eigenvalue weighted by atomic mass is 9.93. The van der Waals surface area contributed by atoms with Gasteiger partial charge >= 0.3 is 0 Å². The zero-order chi connectivity index (χ0) is 22.2. The molecule has 0 bridgehead atoms. The largest absolute Gasteiger partial charge is 0.359 e. The first-order chi connectivity index (χ1) is 14.7. The van der Waals surface area contributed by atoms with Crippen molar-refractivity contribution in [2.45, 2.75) is 33.1 Å². The molecule has 0 fully saturated rings. The number of anilines is 2. The average molecular weight is 434 g/mol.